The van der Waals surface area contributed by atoms with E-state index in [1.54, 1.807) is 17.9 Å². The molecule has 0 spiro atoms. The maximum absolute atomic E-state index is 12.8. The van der Waals surface area contributed by atoms with E-state index < -0.39 is 12.1 Å². The van der Waals surface area contributed by atoms with Crippen molar-refractivity contribution < 1.29 is 19.1 Å². The Labute approximate surface area is 179 Å². The lowest BCUT2D eigenvalue weighted by atomic mass is 10.2. The number of fused-ring (bicyclic) bond motifs is 1. The van der Waals surface area contributed by atoms with Crippen molar-refractivity contribution in [3.63, 3.8) is 0 Å². The van der Waals surface area contributed by atoms with Crippen LogP contribution in [-0.4, -0.2) is 58.0 Å². The van der Waals surface area contributed by atoms with E-state index in [0.29, 0.717) is 18.0 Å². The van der Waals surface area contributed by atoms with Crippen LogP contribution in [0.15, 0.2) is 36.4 Å². The number of hydrogen-bond donors (Lipinski definition) is 0. The molecule has 2 aromatic heterocycles. The van der Waals surface area contributed by atoms with Crippen LogP contribution in [0.2, 0.25) is 0 Å². The first-order valence-corrected chi connectivity index (χ1v) is 10.8. The number of carbonyl (C=O) groups is 2. The number of thiophene rings is 1. The Morgan fingerprint density at radius 2 is 1.87 bits per heavy atom. The number of para-hydroxylation sites is 1. The van der Waals surface area contributed by atoms with Crippen molar-refractivity contribution in [1.29, 1.82) is 0 Å². The topological polar surface area (TPSA) is 73.7 Å². The molecule has 158 valence electrons. The van der Waals surface area contributed by atoms with E-state index in [9.17, 15) is 9.59 Å². The van der Waals surface area contributed by atoms with Crippen molar-refractivity contribution in [2.45, 2.75) is 46.0 Å². The van der Waals surface area contributed by atoms with E-state index >= 15 is 0 Å². The summed E-state index contributed by atoms with van der Waals surface area (Å²) in [4.78, 5) is 28.6. The molecule has 0 N–H and O–H groups in total. The SMILES string of the molecule is Cc1nn(-c2ccccc2)c2sc(C(=O)OC(C)C(=O)N3CC(C)OC(C)C3)cc12. The third-order valence-electron chi connectivity index (χ3n) is 5.11. The van der Waals surface area contributed by atoms with Crippen molar-refractivity contribution in [2.24, 2.45) is 0 Å². The maximum atomic E-state index is 12.8. The monoisotopic (exact) mass is 427 g/mol. The van der Waals surface area contributed by atoms with E-state index in [1.165, 1.54) is 11.3 Å². The predicted octanol–water partition coefficient (Wildman–Crippen LogP) is 3.58. The number of morpholine rings is 1. The van der Waals surface area contributed by atoms with Crippen LogP contribution in [0.1, 0.15) is 36.1 Å². The van der Waals surface area contributed by atoms with Gasteiger partial charge in [-0.2, -0.15) is 5.10 Å². The Balaban J connectivity index is 1.51. The number of ether oxygens (including phenoxy) is 2. The first kappa shape index (κ1) is 20.6. The van der Waals surface area contributed by atoms with Gasteiger partial charge >= 0.3 is 5.97 Å². The zero-order valence-corrected chi connectivity index (χ0v) is 18.3. The van der Waals surface area contributed by atoms with E-state index in [1.807, 2.05) is 55.8 Å². The molecule has 3 atom stereocenters. The van der Waals surface area contributed by atoms with Crippen molar-refractivity contribution >= 4 is 33.4 Å². The van der Waals surface area contributed by atoms with Gasteiger partial charge in [-0.05, 0) is 45.9 Å². The molecule has 3 aromatic rings. The van der Waals surface area contributed by atoms with Crippen LogP contribution in [-0.2, 0) is 14.3 Å². The van der Waals surface area contributed by atoms with Gasteiger partial charge in [-0.1, -0.05) is 18.2 Å². The van der Waals surface area contributed by atoms with Crippen molar-refractivity contribution in [2.75, 3.05) is 13.1 Å². The number of esters is 1. The highest BCUT2D eigenvalue weighted by molar-refractivity contribution is 7.20. The quantitative estimate of drug-likeness (QED) is 0.595. The largest absolute Gasteiger partial charge is 0.448 e. The Bertz CT molecular complexity index is 1060. The molecule has 0 radical (unpaired) electrons. The molecular formula is C22H25N3O4S. The first-order chi connectivity index (χ1) is 14.3. The molecular weight excluding hydrogens is 402 g/mol. The summed E-state index contributed by atoms with van der Waals surface area (Å²) >= 11 is 1.32. The maximum Gasteiger partial charge on any atom is 0.349 e. The van der Waals surface area contributed by atoms with Gasteiger partial charge in [0.15, 0.2) is 6.10 Å². The summed E-state index contributed by atoms with van der Waals surface area (Å²) in [7, 11) is 0. The van der Waals surface area contributed by atoms with Gasteiger partial charge in [0.1, 0.15) is 9.71 Å². The molecule has 1 aliphatic heterocycles. The highest BCUT2D eigenvalue weighted by Gasteiger charge is 2.31. The molecule has 3 heterocycles. The standard InChI is InChI=1S/C22H25N3O4S/c1-13-11-24(12-14(2)28-13)20(26)16(4)29-22(27)19-10-18-15(3)23-25(21(18)30-19)17-8-6-5-7-9-17/h5-10,13-14,16H,11-12H2,1-4H3. The number of benzene rings is 1. The Morgan fingerprint density at radius 3 is 2.53 bits per heavy atom. The molecule has 1 aliphatic rings. The van der Waals surface area contributed by atoms with Crippen LogP contribution in [0, 0.1) is 6.92 Å². The van der Waals surface area contributed by atoms with E-state index in [0.717, 1.165) is 21.6 Å². The molecule has 1 saturated heterocycles. The average Bonchev–Trinajstić information content (AvgIpc) is 3.28. The normalized spacial score (nSPS) is 20.3. The van der Waals surface area contributed by atoms with Crippen LogP contribution in [0.4, 0.5) is 0 Å². The third kappa shape index (κ3) is 3.97. The molecule has 1 fully saturated rings. The number of hydrogen-bond acceptors (Lipinski definition) is 6. The fourth-order valence-electron chi connectivity index (χ4n) is 3.78. The minimum atomic E-state index is -0.855. The first-order valence-electron chi connectivity index (χ1n) is 10.0. The molecule has 0 bridgehead atoms. The van der Waals surface area contributed by atoms with E-state index in [-0.39, 0.29) is 18.1 Å². The number of aryl methyl sites for hydroxylation is 1. The Morgan fingerprint density at radius 1 is 1.20 bits per heavy atom. The third-order valence-corrected chi connectivity index (χ3v) is 6.20. The average molecular weight is 428 g/mol. The minimum absolute atomic E-state index is 0.0351. The second-order valence-corrected chi connectivity index (χ2v) is 8.74. The van der Waals surface area contributed by atoms with Gasteiger partial charge in [0.25, 0.3) is 5.91 Å². The Hall–Kier alpha value is -2.71. The second-order valence-electron chi connectivity index (χ2n) is 7.71. The molecule has 30 heavy (non-hydrogen) atoms. The fraction of sp³-hybridized carbons (Fsp3) is 0.409. The van der Waals surface area contributed by atoms with Crippen LogP contribution < -0.4 is 0 Å². The van der Waals surface area contributed by atoms with E-state index in [4.69, 9.17) is 9.47 Å². The molecule has 1 aromatic carbocycles. The molecule has 3 unspecified atom stereocenters. The summed E-state index contributed by atoms with van der Waals surface area (Å²) in [6, 6.07) is 11.6. The number of rotatable bonds is 4. The number of amides is 1. The van der Waals surface area contributed by atoms with Crippen molar-refractivity contribution in [1.82, 2.24) is 14.7 Å². The highest BCUT2D eigenvalue weighted by atomic mass is 32.1. The lowest BCUT2D eigenvalue weighted by Gasteiger charge is -2.36. The number of aromatic nitrogens is 2. The second kappa shape index (κ2) is 8.20. The summed E-state index contributed by atoms with van der Waals surface area (Å²) < 4.78 is 13.0. The van der Waals surface area contributed by atoms with Gasteiger partial charge in [-0.15, -0.1) is 11.3 Å². The molecule has 4 rings (SSSR count). The van der Waals surface area contributed by atoms with Crippen LogP contribution in [0.5, 0.6) is 0 Å². The molecule has 1 amide bonds. The zero-order chi connectivity index (χ0) is 21.4. The van der Waals surface area contributed by atoms with Crippen molar-refractivity contribution in [3.8, 4) is 5.69 Å². The summed E-state index contributed by atoms with van der Waals surface area (Å²) in [6.07, 6.45) is -0.925. The summed E-state index contributed by atoms with van der Waals surface area (Å²) in [6.45, 7) is 8.40. The van der Waals surface area contributed by atoms with Gasteiger partial charge in [0.2, 0.25) is 0 Å². The Kier molecular flexibility index (Phi) is 5.62. The van der Waals surface area contributed by atoms with Gasteiger partial charge in [0, 0.05) is 18.5 Å². The zero-order valence-electron chi connectivity index (χ0n) is 17.5. The van der Waals surface area contributed by atoms with Crippen molar-refractivity contribution in [3.05, 3.63) is 47.0 Å². The molecule has 0 aliphatic carbocycles. The summed E-state index contributed by atoms with van der Waals surface area (Å²) in [5.74, 6) is -0.691. The lowest BCUT2D eigenvalue weighted by Crippen LogP contribution is -2.51. The van der Waals surface area contributed by atoms with Crippen LogP contribution >= 0.6 is 11.3 Å². The highest BCUT2D eigenvalue weighted by Crippen LogP contribution is 2.31. The minimum Gasteiger partial charge on any atom is -0.448 e. The van der Waals surface area contributed by atoms with Crippen LogP contribution in [0.25, 0.3) is 15.9 Å². The van der Waals surface area contributed by atoms with Gasteiger partial charge in [-0.25, -0.2) is 9.48 Å². The molecule has 8 heteroatoms. The fourth-order valence-corrected chi connectivity index (χ4v) is 4.84. The lowest BCUT2D eigenvalue weighted by molar-refractivity contribution is -0.151. The number of nitrogens with zero attached hydrogens (tertiary/aromatic N) is 3. The van der Waals surface area contributed by atoms with Gasteiger partial charge in [0.05, 0.1) is 23.6 Å². The van der Waals surface area contributed by atoms with E-state index in [2.05, 4.69) is 5.10 Å². The number of carbonyl (C=O) groups excluding carboxylic acids is 2. The summed E-state index contributed by atoms with van der Waals surface area (Å²) in [5, 5.41) is 5.50. The molecule has 7 nitrogen and oxygen atoms in total. The summed E-state index contributed by atoms with van der Waals surface area (Å²) in [5.41, 5.74) is 1.76. The van der Waals surface area contributed by atoms with Gasteiger partial charge < -0.3 is 14.4 Å². The van der Waals surface area contributed by atoms with Gasteiger partial charge in [-0.3, -0.25) is 4.79 Å². The van der Waals surface area contributed by atoms with Crippen LogP contribution in [0.3, 0.4) is 0 Å². The predicted molar refractivity (Wildman–Crippen MR) is 115 cm³/mol. The molecule has 0 saturated carbocycles. The smallest absolute Gasteiger partial charge is 0.349 e.